The Morgan fingerprint density at radius 1 is 0.491 bits per heavy atom. The van der Waals surface area contributed by atoms with Gasteiger partial charge < -0.3 is 0 Å². The summed E-state index contributed by atoms with van der Waals surface area (Å²) < 4.78 is 0. The van der Waals surface area contributed by atoms with Gasteiger partial charge in [0.25, 0.3) is 0 Å². The van der Waals surface area contributed by atoms with Gasteiger partial charge >= 0.3 is 0 Å². The maximum Gasteiger partial charge on any atom is -0.0260 e. The van der Waals surface area contributed by atoms with Crippen LogP contribution in [0.2, 0.25) is 0 Å². The van der Waals surface area contributed by atoms with Crippen molar-refractivity contribution in [3.63, 3.8) is 0 Å². The van der Waals surface area contributed by atoms with Crippen LogP contribution >= 0.6 is 0 Å². The minimum atomic E-state index is 1.11. The van der Waals surface area contributed by atoms with Crippen molar-refractivity contribution < 1.29 is 0 Å². The van der Waals surface area contributed by atoms with Crippen LogP contribution in [-0.4, -0.2) is 0 Å². The summed E-state index contributed by atoms with van der Waals surface area (Å²) in [4.78, 5) is 0. The smallest absolute Gasteiger partial charge is 0.0260 e. The van der Waals surface area contributed by atoms with Crippen LogP contribution in [0.15, 0.2) is 172 Å². The summed E-state index contributed by atoms with van der Waals surface area (Å²) in [5.74, 6) is 0. The maximum absolute atomic E-state index is 3.74. The first-order chi connectivity index (χ1) is 27.1. The van der Waals surface area contributed by atoms with E-state index in [0.717, 1.165) is 12.8 Å². The van der Waals surface area contributed by atoms with Crippen molar-refractivity contribution in [1.29, 1.82) is 0 Å². The number of rotatable bonds is 10. The van der Waals surface area contributed by atoms with Gasteiger partial charge in [-0.1, -0.05) is 222 Å². The summed E-state index contributed by atoms with van der Waals surface area (Å²) in [6.45, 7) is 51.7. The Balaban J connectivity index is -0.000000290. The predicted molar refractivity (Wildman–Crippen MR) is 270 cm³/mol. The molecule has 0 aliphatic rings. The fourth-order valence-corrected chi connectivity index (χ4v) is 3.92. The van der Waals surface area contributed by atoms with Gasteiger partial charge in [0.15, 0.2) is 0 Å². The molecule has 0 heterocycles. The van der Waals surface area contributed by atoms with Crippen LogP contribution in [0.4, 0.5) is 0 Å². The molecule has 0 bridgehead atoms. The van der Waals surface area contributed by atoms with E-state index < -0.39 is 0 Å². The molecule has 0 atom stereocenters. The first kappa shape index (κ1) is 58.5. The third-order valence-electron chi connectivity index (χ3n) is 7.25. The molecule has 0 saturated carbocycles. The van der Waals surface area contributed by atoms with E-state index in [2.05, 4.69) is 186 Å². The molecule has 0 aliphatic heterocycles. The summed E-state index contributed by atoms with van der Waals surface area (Å²) in [5.41, 5.74) is 13.8. The van der Waals surface area contributed by atoms with E-state index in [1.807, 2.05) is 64.1 Å². The van der Waals surface area contributed by atoms with E-state index >= 15 is 0 Å². The largest absolute Gasteiger partial charge is 0.103 e. The van der Waals surface area contributed by atoms with Gasteiger partial charge in [-0.15, -0.1) is 26.3 Å². The lowest BCUT2D eigenvalue weighted by molar-refractivity contribution is 0.910. The fraction of sp³-hybridized carbons (Fsp3) is 0.298. The molecule has 0 nitrogen and oxygen atoms in total. The van der Waals surface area contributed by atoms with Gasteiger partial charge in [-0.2, -0.15) is 0 Å². The standard InChI is InChI=1S/C11H14.C10H12.2C9H10.C6H12.C5H10.C4H8.C3H6/c1-3-5-11-8-6-10(4-2)7-9-11;1-3-9-5-7-10(4-2)8-6-9;1-3-9-6-4-8(2)5-7-9;1-3-9-6-4-5-8(2)7-9;1-4-5-6(2)3;1-4-5(2)3;1-4(2)3;1-3-2/h4,6-9H,2-3,5H2,1H3;3,5-8H,1,4H2,2H3;2*3-7H,1H2,2H3;2,4-5H2,1,3H3;2,4H2,1,3H3;1H2,2-3H3;3H,1H2,2H3. The lowest BCUT2D eigenvalue weighted by Crippen LogP contribution is -1.81. The summed E-state index contributed by atoms with van der Waals surface area (Å²) in [6.07, 6.45) is 16.2. The maximum atomic E-state index is 3.74. The van der Waals surface area contributed by atoms with Crippen molar-refractivity contribution in [2.24, 2.45) is 0 Å². The van der Waals surface area contributed by atoms with E-state index in [1.54, 1.807) is 6.08 Å². The lowest BCUT2D eigenvalue weighted by atomic mass is 10.1. The van der Waals surface area contributed by atoms with E-state index in [4.69, 9.17) is 0 Å². The van der Waals surface area contributed by atoms with Gasteiger partial charge in [-0.3, -0.25) is 0 Å². The highest BCUT2D eigenvalue weighted by Gasteiger charge is 1.90. The van der Waals surface area contributed by atoms with Gasteiger partial charge in [-0.05, 0) is 108 Å². The zero-order valence-corrected chi connectivity index (χ0v) is 38.5. The van der Waals surface area contributed by atoms with Crippen LogP contribution in [0.25, 0.3) is 24.3 Å². The quantitative estimate of drug-likeness (QED) is 0.141. The van der Waals surface area contributed by atoms with E-state index in [-0.39, 0.29) is 0 Å². The van der Waals surface area contributed by atoms with Crippen molar-refractivity contribution in [3.8, 4) is 0 Å². The van der Waals surface area contributed by atoms with Crippen LogP contribution in [0.3, 0.4) is 0 Å². The molecule has 0 spiro atoms. The third-order valence-corrected chi connectivity index (χ3v) is 7.25. The zero-order chi connectivity index (χ0) is 44.4. The Kier molecular flexibility index (Phi) is 43.1. The second-order valence-electron chi connectivity index (χ2n) is 13.9. The molecule has 4 rings (SSSR count). The molecular weight excluding hydrogens is 685 g/mol. The SMILES string of the molecule is C=C(C)C.C=C(C)CC.C=C(C)CCC.C=CC.C=Cc1ccc(C)cc1.C=Cc1ccc(CC)cc1.C=Cc1ccc(CCC)cc1.C=Cc1cccc(C)c1. The molecule has 0 aromatic heterocycles. The average molecular weight is 767 g/mol. The number of hydrogen-bond acceptors (Lipinski definition) is 0. The molecule has 0 amide bonds. The molecule has 0 radical (unpaired) electrons. The van der Waals surface area contributed by atoms with E-state index in [1.165, 1.54) is 86.9 Å². The Labute approximate surface area is 354 Å². The Morgan fingerprint density at radius 2 is 0.860 bits per heavy atom. The number of hydrogen-bond donors (Lipinski definition) is 0. The van der Waals surface area contributed by atoms with Gasteiger partial charge in [0, 0.05) is 0 Å². The molecule has 0 saturated heterocycles. The topological polar surface area (TPSA) is 0 Å². The van der Waals surface area contributed by atoms with Gasteiger partial charge in [0.2, 0.25) is 0 Å². The molecular formula is C57H82. The molecule has 310 valence electrons. The number of benzene rings is 4. The monoisotopic (exact) mass is 767 g/mol. The van der Waals surface area contributed by atoms with Crippen LogP contribution in [0, 0.1) is 13.8 Å². The summed E-state index contributed by atoms with van der Waals surface area (Å²) >= 11 is 0. The Hall–Kier alpha value is -5.20. The number of aryl methyl sites for hydroxylation is 4. The van der Waals surface area contributed by atoms with Crippen LogP contribution in [-0.2, 0) is 12.8 Å². The van der Waals surface area contributed by atoms with Crippen LogP contribution < -0.4 is 0 Å². The molecule has 4 aromatic rings. The lowest BCUT2D eigenvalue weighted by Gasteiger charge is -1.97. The molecule has 57 heavy (non-hydrogen) atoms. The van der Waals surface area contributed by atoms with Crippen LogP contribution in [0.5, 0.6) is 0 Å². The number of allylic oxidation sites excluding steroid dienone is 4. The molecule has 0 heteroatoms. The van der Waals surface area contributed by atoms with E-state index in [9.17, 15) is 0 Å². The summed E-state index contributed by atoms with van der Waals surface area (Å²) in [5, 5.41) is 0. The van der Waals surface area contributed by atoms with Crippen molar-refractivity contribution in [1.82, 2.24) is 0 Å². The normalized spacial score (nSPS) is 8.54. The van der Waals surface area contributed by atoms with Crippen molar-refractivity contribution >= 4 is 24.3 Å². The second kappa shape index (κ2) is 42.0. The fourth-order valence-electron chi connectivity index (χ4n) is 3.92. The Bertz CT molecular complexity index is 1620. The molecule has 0 fully saturated rings. The molecule has 0 aliphatic carbocycles. The first-order valence-electron chi connectivity index (χ1n) is 20.4. The van der Waals surface area contributed by atoms with Gasteiger partial charge in [0.05, 0.1) is 0 Å². The summed E-state index contributed by atoms with van der Waals surface area (Å²) in [7, 11) is 0. The predicted octanol–water partition coefficient (Wildman–Crippen LogP) is 18.6. The highest BCUT2D eigenvalue weighted by molar-refractivity contribution is 5.49. The highest BCUT2D eigenvalue weighted by atomic mass is 14.0. The molecule has 0 N–H and O–H groups in total. The van der Waals surface area contributed by atoms with Gasteiger partial charge in [-0.25, -0.2) is 0 Å². The minimum Gasteiger partial charge on any atom is -0.103 e. The first-order valence-corrected chi connectivity index (χ1v) is 20.4. The molecule has 4 aromatic carbocycles. The summed E-state index contributed by atoms with van der Waals surface area (Å²) in [6, 6.07) is 33.5. The van der Waals surface area contributed by atoms with Gasteiger partial charge in [0.1, 0.15) is 0 Å². The third kappa shape index (κ3) is 43.4. The van der Waals surface area contributed by atoms with Crippen molar-refractivity contribution in [2.45, 2.75) is 115 Å². The molecule has 0 unspecified atom stereocenters. The van der Waals surface area contributed by atoms with Crippen molar-refractivity contribution in [2.75, 3.05) is 0 Å². The van der Waals surface area contributed by atoms with Crippen molar-refractivity contribution in [3.05, 3.63) is 217 Å². The minimum absolute atomic E-state index is 1.11. The zero-order valence-electron chi connectivity index (χ0n) is 38.5. The average Bonchev–Trinajstić information content (AvgIpc) is 3.20. The second-order valence-corrected chi connectivity index (χ2v) is 13.9. The Morgan fingerprint density at radius 3 is 1.11 bits per heavy atom. The highest BCUT2D eigenvalue weighted by Crippen LogP contribution is 2.08. The van der Waals surface area contributed by atoms with E-state index in [0.29, 0.717) is 0 Å². The van der Waals surface area contributed by atoms with Crippen LogP contribution in [0.1, 0.15) is 133 Å².